The minimum Gasteiger partial charge on any atom is -0.481 e. The van der Waals surface area contributed by atoms with Crippen molar-refractivity contribution >= 4 is 11.9 Å². The molecule has 0 aromatic heterocycles. The molecule has 0 saturated heterocycles. The van der Waals surface area contributed by atoms with Crippen LogP contribution in [0, 0.1) is 5.92 Å². The highest BCUT2D eigenvalue weighted by atomic mass is 16.5. The Labute approximate surface area is 111 Å². The Kier molecular flexibility index (Phi) is 6.02. The fourth-order valence-electron chi connectivity index (χ4n) is 1.61. The summed E-state index contributed by atoms with van der Waals surface area (Å²) in [4.78, 5) is 22.2. The van der Waals surface area contributed by atoms with Crippen molar-refractivity contribution in [2.24, 2.45) is 5.92 Å². The van der Waals surface area contributed by atoms with E-state index in [1.165, 1.54) is 0 Å². The third-order valence-electron chi connectivity index (χ3n) is 2.85. The van der Waals surface area contributed by atoms with Gasteiger partial charge in [-0.3, -0.25) is 4.79 Å². The number of hydrogen-bond donors (Lipinski definition) is 2. The summed E-state index contributed by atoms with van der Waals surface area (Å²) >= 11 is 0. The van der Waals surface area contributed by atoms with Crippen LogP contribution in [-0.4, -0.2) is 34.9 Å². The molecule has 2 N–H and O–H groups in total. The number of rotatable bonds is 7. The van der Waals surface area contributed by atoms with Gasteiger partial charge in [0.1, 0.15) is 0 Å². The molecule has 0 fully saturated rings. The first-order chi connectivity index (χ1) is 9.00. The van der Waals surface area contributed by atoms with Crippen molar-refractivity contribution < 1.29 is 24.5 Å². The van der Waals surface area contributed by atoms with Gasteiger partial charge in [0.2, 0.25) is 0 Å². The van der Waals surface area contributed by atoms with Gasteiger partial charge >= 0.3 is 11.9 Å². The summed E-state index contributed by atoms with van der Waals surface area (Å²) in [5.74, 6) is -1.77. The predicted octanol–water partition coefficient (Wildman–Crippen LogP) is 1.71. The average Bonchev–Trinajstić information content (AvgIpc) is 2.38. The molecule has 1 aromatic rings. The Morgan fingerprint density at radius 2 is 1.89 bits per heavy atom. The summed E-state index contributed by atoms with van der Waals surface area (Å²) in [5.41, 5.74) is 0.435. The maximum absolute atomic E-state index is 11.7. The van der Waals surface area contributed by atoms with E-state index in [2.05, 4.69) is 0 Å². The van der Waals surface area contributed by atoms with E-state index < -0.39 is 18.0 Å². The Hall–Kier alpha value is -1.88. The maximum Gasteiger partial charge on any atom is 0.338 e. The van der Waals surface area contributed by atoms with E-state index in [1.807, 2.05) is 0 Å². The quantitative estimate of drug-likeness (QED) is 0.734. The van der Waals surface area contributed by atoms with E-state index in [0.717, 1.165) is 0 Å². The first kappa shape index (κ1) is 15.2. The Morgan fingerprint density at radius 3 is 2.42 bits per heavy atom. The van der Waals surface area contributed by atoms with Crippen LogP contribution in [0.2, 0.25) is 0 Å². The summed E-state index contributed by atoms with van der Waals surface area (Å²) in [6.45, 7) is 1.57. The summed E-state index contributed by atoms with van der Waals surface area (Å²) in [5, 5.41) is 18.1. The summed E-state index contributed by atoms with van der Waals surface area (Å²) in [7, 11) is 0. The highest BCUT2D eigenvalue weighted by molar-refractivity contribution is 5.89. The van der Waals surface area contributed by atoms with Gasteiger partial charge in [-0.1, -0.05) is 18.2 Å². The van der Waals surface area contributed by atoms with Crippen LogP contribution in [-0.2, 0) is 9.53 Å². The molecule has 0 radical (unpaired) electrons. The molecule has 2 atom stereocenters. The van der Waals surface area contributed by atoms with Gasteiger partial charge in [-0.15, -0.1) is 0 Å². The van der Waals surface area contributed by atoms with Crippen LogP contribution in [0.25, 0.3) is 0 Å². The molecule has 5 heteroatoms. The monoisotopic (exact) mass is 266 g/mol. The zero-order valence-electron chi connectivity index (χ0n) is 10.8. The molecule has 1 rings (SSSR count). The number of esters is 1. The molecule has 19 heavy (non-hydrogen) atoms. The van der Waals surface area contributed by atoms with Crippen LogP contribution in [0.3, 0.4) is 0 Å². The van der Waals surface area contributed by atoms with Gasteiger partial charge in [0.15, 0.2) is 0 Å². The van der Waals surface area contributed by atoms with Crippen LogP contribution >= 0.6 is 0 Å². The van der Waals surface area contributed by atoms with Crippen LogP contribution in [0.15, 0.2) is 30.3 Å². The Morgan fingerprint density at radius 1 is 1.26 bits per heavy atom. The number of ether oxygens (including phenoxy) is 1. The largest absolute Gasteiger partial charge is 0.481 e. The van der Waals surface area contributed by atoms with Crippen molar-refractivity contribution in [3.8, 4) is 0 Å². The van der Waals surface area contributed by atoms with Gasteiger partial charge < -0.3 is 14.9 Å². The maximum atomic E-state index is 11.7. The van der Waals surface area contributed by atoms with Crippen molar-refractivity contribution in [2.45, 2.75) is 25.9 Å². The summed E-state index contributed by atoms with van der Waals surface area (Å²) < 4.78 is 5.09. The predicted molar refractivity (Wildman–Crippen MR) is 68.8 cm³/mol. The number of carboxylic acids is 1. The second kappa shape index (κ2) is 7.53. The van der Waals surface area contributed by atoms with Gasteiger partial charge in [-0.05, 0) is 25.5 Å². The van der Waals surface area contributed by atoms with E-state index in [0.29, 0.717) is 5.56 Å². The lowest BCUT2D eigenvalue weighted by molar-refractivity contribution is -0.137. The number of benzene rings is 1. The number of carbonyl (C=O) groups excluding carboxylic acids is 1. The fourth-order valence-corrected chi connectivity index (χ4v) is 1.61. The van der Waals surface area contributed by atoms with Gasteiger partial charge in [0.25, 0.3) is 0 Å². The fraction of sp³-hybridized carbons (Fsp3) is 0.429. The lowest BCUT2D eigenvalue weighted by Gasteiger charge is -2.18. The lowest BCUT2D eigenvalue weighted by Crippen LogP contribution is -2.24. The second-order valence-electron chi connectivity index (χ2n) is 4.40. The van der Waals surface area contributed by atoms with Gasteiger partial charge in [0.05, 0.1) is 18.3 Å². The van der Waals surface area contributed by atoms with E-state index in [4.69, 9.17) is 9.84 Å². The first-order valence-corrected chi connectivity index (χ1v) is 6.12. The molecule has 0 spiro atoms. The van der Waals surface area contributed by atoms with Crippen LogP contribution in [0.1, 0.15) is 30.1 Å². The third kappa shape index (κ3) is 5.52. The topological polar surface area (TPSA) is 83.8 Å². The lowest BCUT2D eigenvalue weighted by atomic mass is 9.99. The molecule has 104 valence electrons. The molecular weight excluding hydrogens is 248 g/mol. The molecule has 5 nitrogen and oxygen atoms in total. The number of aliphatic hydroxyl groups excluding tert-OH is 1. The zero-order chi connectivity index (χ0) is 14.3. The molecule has 0 heterocycles. The van der Waals surface area contributed by atoms with Crippen LogP contribution < -0.4 is 0 Å². The standard InChI is InChI=1S/C14H18O5/c1-10(15)12(7-8-13(16)17)9-19-14(18)11-5-3-2-4-6-11/h2-6,10,12,15H,7-9H2,1H3,(H,16,17). The van der Waals surface area contributed by atoms with Crippen molar-refractivity contribution in [3.05, 3.63) is 35.9 Å². The normalized spacial score (nSPS) is 13.6. The summed E-state index contributed by atoms with van der Waals surface area (Å²) in [6, 6.07) is 8.52. The van der Waals surface area contributed by atoms with E-state index >= 15 is 0 Å². The summed E-state index contributed by atoms with van der Waals surface area (Å²) in [6.07, 6.45) is -0.504. The van der Waals surface area contributed by atoms with E-state index in [1.54, 1.807) is 37.3 Å². The smallest absolute Gasteiger partial charge is 0.338 e. The van der Waals surface area contributed by atoms with Gasteiger partial charge in [0, 0.05) is 12.3 Å². The number of hydrogen-bond acceptors (Lipinski definition) is 4. The van der Waals surface area contributed by atoms with Crippen molar-refractivity contribution in [3.63, 3.8) is 0 Å². The second-order valence-corrected chi connectivity index (χ2v) is 4.40. The molecule has 0 aliphatic heterocycles. The van der Waals surface area contributed by atoms with Crippen LogP contribution in [0.5, 0.6) is 0 Å². The molecule has 1 aromatic carbocycles. The first-order valence-electron chi connectivity index (χ1n) is 6.12. The zero-order valence-corrected chi connectivity index (χ0v) is 10.8. The SMILES string of the molecule is CC(O)C(CCC(=O)O)COC(=O)c1ccccc1. The average molecular weight is 266 g/mol. The molecule has 0 aliphatic rings. The van der Waals surface area contributed by atoms with E-state index in [-0.39, 0.29) is 25.4 Å². The third-order valence-corrected chi connectivity index (χ3v) is 2.85. The van der Waals surface area contributed by atoms with Gasteiger partial charge in [-0.25, -0.2) is 4.79 Å². The molecular formula is C14H18O5. The molecule has 0 bridgehead atoms. The highest BCUT2D eigenvalue weighted by Crippen LogP contribution is 2.13. The van der Waals surface area contributed by atoms with E-state index in [9.17, 15) is 14.7 Å². The van der Waals surface area contributed by atoms with Crippen molar-refractivity contribution in [2.75, 3.05) is 6.61 Å². The Balaban J connectivity index is 2.47. The van der Waals surface area contributed by atoms with Crippen LogP contribution in [0.4, 0.5) is 0 Å². The Bertz CT molecular complexity index is 413. The molecule has 2 unspecified atom stereocenters. The number of aliphatic carboxylic acids is 1. The van der Waals surface area contributed by atoms with Crippen molar-refractivity contribution in [1.29, 1.82) is 0 Å². The number of carboxylic acid groups (broad SMARTS) is 1. The number of carbonyl (C=O) groups is 2. The highest BCUT2D eigenvalue weighted by Gasteiger charge is 2.19. The molecule has 0 amide bonds. The molecule has 0 aliphatic carbocycles. The minimum absolute atomic E-state index is 0.0126. The van der Waals surface area contributed by atoms with Gasteiger partial charge in [-0.2, -0.15) is 0 Å². The van der Waals surface area contributed by atoms with Crippen molar-refractivity contribution in [1.82, 2.24) is 0 Å². The minimum atomic E-state index is -0.931. The molecule has 0 saturated carbocycles. The number of aliphatic hydroxyl groups is 1.